The number of carbonyl (C=O) groups is 1. The maximum Gasteiger partial charge on any atom is 0.365 e. The van der Waals surface area contributed by atoms with Crippen molar-refractivity contribution in [1.29, 1.82) is 0 Å². The van der Waals surface area contributed by atoms with E-state index in [1.165, 1.54) is 4.57 Å². The first-order chi connectivity index (χ1) is 15.7. The van der Waals surface area contributed by atoms with Crippen molar-refractivity contribution in [2.45, 2.75) is 12.1 Å². The molecule has 7 nitrogen and oxygen atoms in total. The topological polar surface area (TPSA) is 85.6 Å². The zero-order valence-corrected chi connectivity index (χ0v) is 18.1. The summed E-state index contributed by atoms with van der Waals surface area (Å²) in [6, 6.07) is 25.5. The lowest BCUT2D eigenvalue weighted by Gasteiger charge is -2.13. The maximum absolute atomic E-state index is 13.3. The summed E-state index contributed by atoms with van der Waals surface area (Å²) < 4.78 is 6.66. The van der Waals surface area contributed by atoms with E-state index in [0.29, 0.717) is 27.4 Å². The third kappa shape index (κ3) is 4.70. The first kappa shape index (κ1) is 21.3. The molecule has 0 saturated carbocycles. The molecule has 0 spiro atoms. The number of aromatic nitrogens is 2. The Hall–Kier alpha value is -3.91. The van der Waals surface area contributed by atoms with Crippen LogP contribution in [0.3, 0.4) is 0 Å². The number of para-hydroxylation sites is 3. The summed E-state index contributed by atoms with van der Waals surface area (Å²) in [5.74, 6) is -0.608. The molecule has 4 aromatic rings. The highest BCUT2D eigenvalue weighted by atomic mass is 32.2. The Morgan fingerprint density at radius 2 is 1.66 bits per heavy atom. The van der Waals surface area contributed by atoms with Crippen LogP contribution in [-0.4, -0.2) is 27.2 Å². The number of carbonyl (C=O) groups excluding carboxylic acids is 1. The van der Waals surface area contributed by atoms with Crippen molar-refractivity contribution in [3.05, 3.63) is 95.3 Å². The molecular weight excluding hydrogens is 424 g/mol. The number of fused-ring (bicyclic) bond motifs is 1. The van der Waals surface area contributed by atoms with Crippen molar-refractivity contribution >= 4 is 39.4 Å². The molecular formula is C24H20N4O3S. The van der Waals surface area contributed by atoms with Gasteiger partial charge in [0.05, 0.1) is 28.9 Å². The summed E-state index contributed by atoms with van der Waals surface area (Å²) in [7, 11) is 0. The van der Waals surface area contributed by atoms with Gasteiger partial charge in [0.25, 0.3) is 5.56 Å². The van der Waals surface area contributed by atoms with E-state index in [4.69, 9.17) is 4.74 Å². The molecule has 0 unspecified atom stereocenters. The zero-order valence-electron chi connectivity index (χ0n) is 17.3. The molecule has 0 fully saturated rings. The normalized spacial score (nSPS) is 11.3. The number of thioether (sulfide) groups is 1. The SMILES string of the molecule is CCOC(=O)/C(=N\Nc1ccccc1)Sc1nc2ccccc2c(=O)n1-c1ccccc1. The lowest BCUT2D eigenvalue weighted by atomic mass is 10.2. The highest BCUT2D eigenvalue weighted by Gasteiger charge is 2.21. The molecule has 32 heavy (non-hydrogen) atoms. The Labute approximate surface area is 188 Å². The van der Waals surface area contributed by atoms with Crippen molar-refractivity contribution < 1.29 is 9.53 Å². The second-order valence-corrected chi connectivity index (χ2v) is 7.56. The largest absolute Gasteiger partial charge is 0.461 e. The number of nitrogens with zero attached hydrogens (tertiary/aromatic N) is 3. The predicted octanol–water partition coefficient (Wildman–Crippen LogP) is 4.47. The first-order valence-corrected chi connectivity index (χ1v) is 10.8. The number of benzene rings is 3. The summed E-state index contributed by atoms with van der Waals surface area (Å²) in [4.78, 5) is 30.6. The van der Waals surface area contributed by atoms with Gasteiger partial charge in [-0.05, 0) is 55.1 Å². The molecule has 3 aromatic carbocycles. The Balaban J connectivity index is 1.82. The molecule has 4 rings (SSSR count). The molecule has 0 aliphatic carbocycles. The minimum atomic E-state index is -0.608. The Morgan fingerprint density at radius 1 is 1.00 bits per heavy atom. The van der Waals surface area contributed by atoms with Crippen LogP contribution in [-0.2, 0) is 9.53 Å². The van der Waals surface area contributed by atoms with E-state index in [2.05, 4.69) is 15.5 Å². The fraction of sp³-hybridized carbons (Fsp3) is 0.0833. The van der Waals surface area contributed by atoms with E-state index in [1.807, 2.05) is 66.7 Å². The predicted molar refractivity (Wildman–Crippen MR) is 127 cm³/mol. The van der Waals surface area contributed by atoms with Gasteiger partial charge in [-0.3, -0.25) is 14.8 Å². The smallest absolute Gasteiger partial charge is 0.365 e. The monoisotopic (exact) mass is 444 g/mol. The third-order valence-corrected chi connectivity index (χ3v) is 5.37. The Kier molecular flexibility index (Phi) is 6.62. The summed E-state index contributed by atoms with van der Waals surface area (Å²) in [6.45, 7) is 1.92. The van der Waals surface area contributed by atoms with E-state index in [1.54, 1.807) is 25.1 Å². The minimum Gasteiger partial charge on any atom is -0.461 e. The molecule has 0 aliphatic heterocycles. The van der Waals surface area contributed by atoms with Crippen LogP contribution >= 0.6 is 11.8 Å². The lowest BCUT2D eigenvalue weighted by molar-refractivity contribution is -0.134. The molecule has 1 aromatic heterocycles. The number of hydrogen-bond acceptors (Lipinski definition) is 7. The van der Waals surface area contributed by atoms with Gasteiger partial charge in [0.1, 0.15) is 0 Å². The molecule has 0 radical (unpaired) electrons. The number of hydrogen-bond donors (Lipinski definition) is 1. The van der Waals surface area contributed by atoms with Crippen LogP contribution in [0.25, 0.3) is 16.6 Å². The van der Waals surface area contributed by atoms with Crippen LogP contribution < -0.4 is 11.0 Å². The van der Waals surface area contributed by atoms with Crippen LogP contribution in [0.2, 0.25) is 0 Å². The van der Waals surface area contributed by atoms with Gasteiger partial charge in [-0.1, -0.05) is 48.5 Å². The average molecular weight is 445 g/mol. The van der Waals surface area contributed by atoms with Gasteiger partial charge in [-0.2, -0.15) is 5.10 Å². The second-order valence-electron chi connectivity index (χ2n) is 6.60. The van der Waals surface area contributed by atoms with Crippen molar-refractivity contribution in [3.8, 4) is 5.69 Å². The zero-order chi connectivity index (χ0) is 22.3. The third-order valence-electron chi connectivity index (χ3n) is 4.46. The van der Waals surface area contributed by atoms with Crippen LogP contribution in [0.15, 0.2) is 100.0 Å². The molecule has 0 aliphatic rings. The van der Waals surface area contributed by atoms with E-state index in [9.17, 15) is 9.59 Å². The highest BCUT2D eigenvalue weighted by molar-refractivity contribution is 8.15. The number of hydrazone groups is 1. The van der Waals surface area contributed by atoms with E-state index < -0.39 is 5.97 Å². The summed E-state index contributed by atoms with van der Waals surface area (Å²) in [5, 5.41) is 5.07. The summed E-state index contributed by atoms with van der Waals surface area (Å²) >= 11 is 0.971. The molecule has 0 saturated heterocycles. The number of rotatable bonds is 5. The summed E-state index contributed by atoms with van der Waals surface area (Å²) in [5.41, 5.74) is 4.51. The minimum absolute atomic E-state index is 0.0302. The lowest BCUT2D eigenvalue weighted by Crippen LogP contribution is -2.24. The standard InChI is InChI=1S/C24H20N4O3S/c1-2-31-23(30)21(27-26-17-11-5-3-6-12-17)32-24-25-20-16-10-9-15-19(20)22(29)28(24)18-13-7-4-8-14-18/h3-16,26H,2H2,1H3/b27-21+. The second kappa shape index (κ2) is 9.93. The molecule has 0 bridgehead atoms. The van der Waals surface area contributed by atoms with E-state index in [0.717, 1.165) is 11.8 Å². The molecule has 1 N–H and O–H groups in total. The first-order valence-electron chi connectivity index (χ1n) is 9.98. The van der Waals surface area contributed by atoms with Crippen LogP contribution in [0.4, 0.5) is 5.69 Å². The van der Waals surface area contributed by atoms with Crippen LogP contribution in [0.1, 0.15) is 6.92 Å². The number of nitrogens with one attached hydrogen (secondary N) is 1. The van der Waals surface area contributed by atoms with Gasteiger partial charge in [-0.15, -0.1) is 0 Å². The van der Waals surface area contributed by atoms with Crippen molar-refractivity contribution in [1.82, 2.24) is 9.55 Å². The fourth-order valence-electron chi connectivity index (χ4n) is 3.00. The molecule has 0 amide bonds. The maximum atomic E-state index is 13.3. The van der Waals surface area contributed by atoms with Crippen molar-refractivity contribution in [2.24, 2.45) is 5.10 Å². The molecule has 160 valence electrons. The van der Waals surface area contributed by atoms with Gasteiger partial charge in [0.15, 0.2) is 5.16 Å². The molecule has 0 atom stereocenters. The quantitative estimate of drug-likeness (QED) is 0.122. The van der Waals surface area contributed by atoms with Crippen LogP contribution in [0.5, 0.6) is 0 Å². The number of anilines is 1. The van der Waals surface area contributed by atoms with Crippen LogP contribution in [0, 0.1) is 0 Å². The van der Waals surface area contributed by atoms with Gasteiger partial charge in [-0.25, -0.2) is 9.78 Å². The van der Waals surface area contributed by atoms with Gasteiger partial charge in [0.2, 0.25) is 5.04 Å². The van der Waals surface area contributed by atoms with E-state index in [-0.39, 0.29) is 17.2 Å². The van der Waals surface area contributed by atoms with E-state index >= 15 is 0 Å². The number of ether oxygens (including phenoxy) is 1. The molecule has 8 heteroatoms. The number of esters is 1. The summed E-state index contributed by atoms with van der Waals surface area (Å²) in [6.07, 6.45) is 0. The van der Waals surface area contributed by atoms with Gasteiger partial charge >= 0.3 is 5.97 Å². The Bertz CT molecular complexity index is 1320. The van der Waals surface area contributed by atoms with Crippen molar-refractivity contribution in [2.75, 3.05) is 12.0 Å². The van der Waals surface area contributed by atoms with Gasteiger partial charge in [0, 0.05) is 0 Å². The van der Waals surface area contributed by atoms with Crippen molar-refractivity contribution in [3.63, 3.8) is 0 Å². The van der Waals surface area contributed by atoms with Gasteiger partial charge < -0.3 is 4.74 Å². The molecule has 1 heterocycles. The highest BCUT2D eigenvalue weighted by Crippen LogP contribution is 2.23. The average Bonchev–Trinajstić information content (AvgIpc) is 2.83. The Morgan fingerprint density at radius 3 is 2.38 bits per heavy atom. The fourth-order valence-corrected chi connectivity index (χ4v) is 3.83.